The Morgan fingerprint density at radius 2 is 1.71 bits per heavy atom. The molecule has 31 heavy (non-hydrogen) atoms. The lowest BCUT2D eigenvalue weighted by Gasteiger charge is -2.64. The summed E-state index contributed by atoms with van der Waals surface area (Å²) in [6.45, 7) is 6.58. The van der Waals surface area contributed by atoms with E-state index in [1.165, 1.54) is 7.11 Å². The van der Waals surface area contributed by atoms with Gasteiger partial charge in [-0.25, -0.2) is 0 Å². The Labute approximate surface area is 186 Å². The Morgan fingerprint density at radius 3 is 2.39 bits per heavy atom. The summed E-state index contributed by atoms with van der Waals surface area (Å²) < 4.78 is 4.81. The van der Waals surface area contributed by atoms with Gasteiger partial charge in [-0.15, -0.1) is 0 Å². The summed E-state index contributed by atoms with van der Waals surface area (Å²) in [4.78, 5) is 11.7. The van der Waals surface area contributed by atoms with Crippen LogP contribution in [0, 0.1) is 46.3 Å². The molecule has 4 rings (SSSR count). The minimum atomic E-state index is -0.823. The van der Waals surface area contributed by atoms with E-state index in [2.05, 4.69) is 20.8 Å². The largest absolute Gasteiger partial charge is 0.469 e. The highest BCUT2D eigenvalue weighted by Crippen LogP contribution is 2.68. The Kier molecular flexibility index (Phi) is 6.26. The highest BCUT2D eigenvalue weighted by Gasteiger charge is 2.67. The first-order chi connectivity index (χ1) is 14.6. The van der Waals surface area contributed by atoms with Gasteiger partial charge in [0.15, 0.2) is 0 Å². The summed E-state index contributed by atoms with van der Waals surface area (Å²) >= 11 is 0. The summed E-state index contributed by atoms with van der Waals surface area (Å²) in [6, 6.07) is 0. The molecule has 0 radical (unpaired) electrons. The van der Waals surface area contributed by atoms with E-state index in [1.807, 2.05) is 0 Å². The minimum Gasteiger partial charge on any atom is -0.469 e. The SMILES string of the molecule is COC(=O)CC[C@H](C)[C@H]1CC[C@H]2[C@@H]3[C@@H](O)[C@@H](O)[C@H]4C[C@@H](O)CC[C@]4(C)[C@H]3C[C@H](O)[C@]12C. The lowest BCUT2D eigenvalue weighted by Crippen LogP contribution is -2.66. The van der Waals surface area contributed by atoms with Crippen LogP contribution in [0.2, 0.25) is 0 Å². The van der Waals surface area contributed by atoms with Crippen molar-refractivity contribution in [2.75, 3.05) is 7.11 Å². The monoisotopic (exact) mass is 438 g/mol. The van der Waals surface area contributed by atoms with Gasteiger partial charge in [-0.05, 0) is 91.3 Å². The summed E-state index contributed by atoms with van der Waals surface area (Å²) in [5.74, 6) is 0.514. The van der Waals surface area contributed by atoms with Crippen LogP contribution in [0.3, 0.4) is 0 Å². The van der Waals surface area contributed by atoms with Gasteiger partial charge in [0, 0.05) is 6.42 Å². The van der Waals surface area contributed by atoms with Crippen molar-refractivity contribution in [1.29, 1.82) is 0 Å². The molecular weight excluding hydrogens is 396 g/mol. The first kappa shape index (κ1) is 23.5. The van der Waals surface area contributed by atoms with Crippen LogP contribution < -0.4 is 0 Å². The third-order valence-corrected chi connectivity index (χ3v) is 10.6. The number of esters is 1. The third-order valence-electron chi connectivity index (χ3n) is 10.6. The maximum Gasteiger partial charge on any atom is 0.305 e. The van der Waals surface area contributed by atoms with Crippen LogP contribution in [-0.2, 0) is 9.53 Å². The molecule has 0 aromatic rings. The number of aliphatic hydroxyl groups is 4. The van der Waals surface area contributed by atoms with Crippen LogP contribution in [-0.4, -0.2) is 57.9 Å². The first-order valence-electron chi connectivity index (χ1n) is 12.3. The molecule has 0 amide bonds. The summed E-state index contributed by atoms with van der Waals surface area (Å²) in [7, 11) is 1.42. The minimum absolute atomic E-state index is 0.0299. The van der Waals surface area contributed by atoms with Crippen molar-refractivity contribution in [3.8, 4) is 0 Å². The van der Waals surface area contributed by atoms with Gasteiger partial charge in [0.2, 0.25) is 0 Å². The van der Waals surface area contributed by atoms with Crippen molar-refractivity contribution in [3.05, 3.63) is 0 Å². The number of hydrogen-bond donors (Lipinski definition) is 4. The molecule has 0 unspecified atom stereocenters. The van der Waals surface area contributed by atoms with Crippen molar-refractivity contribution in [1.82, 2.24) is 0 Å². The first-order valence-corrected chi connectivity index (χ1v) is 12.3. The molecule has 4 N–H and O–H groups in total. The molecule has 6 nitrogen and oxygen atoms in total. The van der Waals surface area contributed by atoms with E-state index in [0.717, 1.165) is 32.1 Å². The van der Waals surface area contributed by atoms with Crippen LogP contribution in [0.15, 0.2) is 0 Å². The van der Waals surface area contributed by atoms with Gasteiger partial charge in [-0.1, -0.05) is 20.8 Å². The second kappa shape index (κ2) is 8.27. The van der Waals surface area contributed by atoms with E-state index in [4.69, 9.17) is 4.74 Å². The molecule has 4 saturated carbocycles. The zero-order valence-corrected chi connectivity index (χ0v) is 19.5. The molecule has 0 aliphatic heterocycles. The van der Waals surface area contributed by atoms with Crippen LogP contribution >= 0.6 is 0 Å². The fourth-order valence-corrected chi connectivity index (χ4v) is 8.82. The average Bonchev–Trinajstić information content (AvgIpc) is 3.10. The maximum absolute atomic E-state index is 11.7. The van der Waals surface area contributed by atoms with Gasteiger partial charge < -0.3 is 25.2 Å². The van der Waals surface area contributed by atoms with E-state index in [9.17, 15) is 25.2 Å². The molecule has 6 heteroatoms. The zero-order valence-electron chi connectivity index (χ0n) is 19.5. The van der Waals surface area contributed by atoms with Crippen molar-refractivity contribution in [2.24, 2.45) is 46.3 Å². The third kappa shape index (κ3) is 3.48. The Bertz CT molecular complexity index is 683. The predicted octanol–water partition coefficient (Wildman–Crippen LogP) is 2.51. The lowest BCUT2D eigenvalue weighted by molar-refractivity contribution is -0.243. The van der Waals surface area contributed by atoms with Crippen molar-refractivity contribution in [3.63, 3.8) is 0 Å². The quantitative estimate of drug-likeness (QED) is 0.503. The summed E-state index contributed by atoms with van der Waals surface area (Å²) in [5, 5.41) is 44.2. The molecule has 0 aromatic carbocycles. The molecule has 0 spiro atoms. The van der Waals surface area contributed by atoms with Gasteiger partial charge >= 0.3 is 5.97 Å². The number of aliphatic hydroxyl groups excluding tert-OH is 4. The molecule has 0 aromatic heterocycles. The zero-order chi connectivity index (χ0) is 22.7. The predicted molar refractivity (Wildman–Crippen MR) is 116 cm³/mol. The number of methoxy groups -OCH3 is 1. The van der Waals surface area contributed by atoms with E-state index in [0.29, 0.717) is 19.3 Å². The van der Waals surface area contributed by atoms with Crippen molar-refractivity contribution < 1.29 is 30.0 Å². The molecule has 0 saturated heterocycles. The second-order valence-electron chi connectivity index (χ2n) is 11.7. The van der Waals surface area contributed by atoms with Gasteiger partial charge in [0.1, 0.15) is 0 Å². The van der Waals surface area contributed by atoms with E-state index in [1.54, 1.807) is 0 Å². The van der Waals surface area contributed by atoms with Gasteiger partial charge in [0.05, 0.1) is 31.5 Å². The molecule has 0 heterocycles. The van der Waals surface area contributed by atoms with Gasteiger partial charge in [0.25, 0.3) is 0 Å². The van der Waals surface area contributed by atoms with Crippen LogP contribution in [0.4, 0.5) is 0 Å². The Morgan fingerprint density at radius 1 is 1.00 bits per heavy atom. The summed E-state index contributed by atoms with van der Waals surface area (Å²) in [5.41, 5.74) is -0.492. The molecule has 12 atom stereocenters. The number of carbonyl (C=O) groups excluding carboxylic acids is 1. The smallest absolute Gasteiger partial charge is 0.305 e. The molecule has 4 aliphatic carbocycles. The summed E-state index contributed by atoms with van der Waals surface area (Å²) in [6.07, 6.45) is 3.27. The Balaban J connectivity index is 1.61. The number of ether oxygens (including phenoxy) is 1. The topological polar surface area (TPSA) is 107 Å². The molecular formula is C25H42O6. The van der Waals surface area contributed by atoms with Crippen LogP contribution in [0.5, 0.6) is 0 Å². The van der Waals surface area contributed by atoms with Crippen LogP contribution in [0.1, 0.15) is 72.1 Å². The fraction of sp³-hybridized carbons (Fsp3) is 0.960. The molecule has 4 fully saturated rings. The molecule has 0 bridgehead atoms. The van der Waals surface area contributed by atoms with Gasteiger partial charge in [-0.3, -0.25) is 4.79 Å². The van der Waals surface area contributed by atoms with E-state index >= 15 is 0 Å². The normalized spacial score (nSPS) is 52.6. The Hall–Kier alpha value is -0.690. The fourth-order valence-electron chi connectivity index (χ4n) is 8.82. The van der Waals surface area contributed by atoms with E-state index in [-0.39, 0.29) is 52.3 Å². The standard InChI is InChI=1S/C25H42O6/c1-13(5-8-20(28)31-4)15-6-7-16-21-17(12-19(27)25(15,16)3)24(2)10-9-14(26)11-18(24)22(29)23(21)30/h13-19,21-23,26-27,29-30H,5-12H2,1-4H3/t13-,14-,15+,16-,17-,18+,19-,21-,22-,23+,24+,25+/m0/s1. The highest BCUT2D eigenvalue weighted by molar-refractivity contribution is 5.69. The highest BCUT2D eigenvalue weighted by atomic mass is 16.5. The molecule has 4 aliphatic rings. The second-order valence-corrected chi connectivity index (χ2v) is 11.7. The van der Waals surface area contributed by atoms with Crippen LogP contribution in [0.25, 0.3) is 0 Å². The maximum atomic E-state index is 11.7. The van der Waals surface area contributed by atoms with Gasteiger partial charge in [-0.2, -0.15) is 0 Å². The number of hydrogen-bond acceptors (Lipinski definition) is 6. The molecule has 178 valence electrons. The van der Waals surface area contributed by atoms with E-state index < -0.39 is 24.4 Å². The van der Waals surface area contributed by atoms with Crippen molar-refractivity contribution >= 4 is 5.97 Å². The number of fused-ring (bicyclic) bond motifs is 5. The number of carbonyl (C=O) groups is 1. The average molecular weight is 439 g/mol. The number of rotatable bonds is 4. The van der Waals surface area contributed by atoms with Crippen molar-refractivity contribution in [2.45, 2.75) is 96.6 Å². The lowest BCUT2D eigenvalue weighted by atomic mass is 9.42.